The molecule has 1 saturated heterocycles. The summed E-state index contributed by atoms with van der Waals surface area (Å²) >= 11 is 0. The summed E-state index contributed by atoms with van der Waals surface area (Å²) in [6, 6.07) is 0. The Hall–Kier alpha value is -1.05. The first-order valence-electron chi connectivity index (χ1n) is 10.9. The van der Waals surface area contributed by atoms with Crippen LogP contribution in [-0.4, -0.2) is 23.9 Å². The summed E-state index contributed by atoms with van der Waals surface area (Å²) in [5, 5.41) is 0. The second-order valence-electron chi connectivity index (χ2n) is 7.45. The van der Waals surface area contributed by atoms with Gasteiger partial charge in [0, 0.05) is 13.1 Å². The fraction of sp³-hybridized carbons (Fsp3) is 0.783. The Kier molecular flexibility index (Phi) is 14.4. The van der Waals surface area contributed by atoms with E-state index in [9.17, 15) is 4.79 Å². The molecular weight excluding hydrogens is 306 g/mol. The van der Waals surface area contributed by atoms with Crippen LogP contribution in [0, 0.1) is 0 Å². The zero-order chi connectivity index (χ0) is 18.0. The Morgan fingerprint density at radius 2 is 1.24 bits per heavy atom. The molecule has 0 saturated carbocycles. The number of hydrogen-bond donors (Lipinski definition) is 0. The van der Waals surface area contributed by atoms with E-state index in [0.717, 1.165) is 19.5 Å². The Bertz CT molecular complexity index is 366. The van der Waals surface area contributed by atoms with Crippen molar-refractivity contribution < 1.29 is 4.79 Å². The largest absolute Gasteiger partial charge is 0.339 e. The van der Waals surface area contributed by atoms with Crippen LogP contribution in [0.15, 0.2) is 24.3 Å². The van der Waals surface area contributed by atoms with E-state index in [4.69, 9.17) is 0 Å². The Labute approximate surface area is 156 Å². The van der Waals surface area contributed by atoms with Crippen LogP contribution in [0.5, 0.6) is 0 Å². The topological polar surface area (TPSA) is 20.3 Å². The molecule has 0 atom stereocenters. The summed E-state index contributed by atoms with van der Waals surface area (Å²) < 4.78 is 0. The number of allylic oxidation sites excluding steroid dienone is 3. The number of amides is 1. The van der Waals surface area contributed by atoms with Gasteiger partial charge in [0.1, 0.15) is 0 Å². The van der Waals surface area contributed by atoms with Gasteiger partial charge >= 0.3 is 0 Å². The van der Waals surface area contributed by atoms with E-state index in [2.05, 4.69) is 25.2 Å². The van der Waals surface area contributed by atoms with E-state index in [1.807, 2.05) is 4.90 Å². The predicted octanol–water partition coefficient (Wildman–Crippen LogP) is 6.81. The molecule has 0 radical (unpaired) electrons. The molecule has 0 bridgehead atoms. The summed E-state index contributed by atoms with van der Waals surface area (Å²) in [6.45, 7) is 4.18. The molecule has 2 nitrogen and oxygen atoms in total. The normalized spacial score (nSPS) is 15.5. The molecule has 1 heterocycles. The van der Waals surface area contributed by atoms with Crippen LogP contribution < -0.4 is 0 Å². The molecule has 1 fully saturated rings. The van der Waals surface area contributed by atoms with E-state index in [1.54, 1.807) is 6.08 Å². The third-order valence-corrected chi connectivity index (χ3v) is 5.06. The van der Waals surface area contributed by atoms with Crippen molar-refractivity contribution in [1.29, 1.82) is 0 Å². The van der Waals surface area contributed by atoms with Gasteiger partial charge in [-0.05, 0) is 63.9 Å². The average Bonchev–Trinajstić information content (AvgIpc) is 2.65. The lowest BCUT2D eigenvalue weighted by atomic mass is 10.1. The van der Waals surface area contributed by atoms with Crippen molar-refractivity contribution >= 4 is 5.91 Å². The molecule has 1 aliphatic rings. The molecule has 0 aliphatic carbocycles. The summed E-state index contributed by atoms with van der Waals surface area (Å²) in [5.74, 6) is 0.220. The first kappa shape index (κ1) is 22.0. The number of hydrogen-bond acceptors (Lipinski definition) is 1. The smallest absolute Gasteiger partial charge is 0.246 e. The molecular formula is C23H41NO. The van der Waals surface area contributed by atoms with Crippen molar-refractivity contribution in [2.45, 2.75) is 103 Å². The minimum absolute atomic E-state index is 0.220. The summed E-state index contributed by atoms with van der Waals surface area (Å²) in [5.41, 5.74) is 0. The Morgan fingerprint density at radius 3 is 1.88 bits per heavy atom. The van der Waals surface area contributed by atoms with Gasteiger partial charge in [-0.15, -0.1) is 0 Å². The maximum absolute atomic E-state index is 12.0. The Morgan fingerprint density at radius 1 is 0.720 bits per heavy atom. The fourth-order valence-corrected chi connectivity index (χ4v) is 3.38. The van der Waals surface area contributed by atoms with Gasteiger partial charge in [-0.3, -0.25) is 4.79 Å². The number of carbonyl (C=O) groups excluding carboxylic acids is 1. The zero-order valence-corrected chi connectivity index (χ0v) is 16.7. The van der Waals surface area contributed by atoms with Crippen LogP contribution >= 0.6 is 0 Å². The van der Waals surface area contributed by atoms with Crippen LogP contribution in [0.2, 0.25) is 0 Å². The third kappa shape index (κ3) is 12.9. The van der Waals surface area contributed by atoms with Gasteiger partial charge in [0.15, 0.2) is 0 Å². The van der Waals surface area contributed by atoms with Crippen LogP contribution in [0.3, 0.4) is 0 Å². The third-order valence-electron chi connectivity index (χ3n) is 5.06. The number of rotatable bonds is 14. The molecule has 0 spiro atoms. The number of carbonyl (C=O) groups is 1. The van der Waals surface area contributed by atoms with Gasteiger partial charge in [0.25, 0.3) is 0 Å². The molecule has 2 heteroatoms. The molecule has 25 heavy (non-hydrogen) atoms. The summed E-state index contributed by atoms with van der Waals surface area (Å²) in [7, 11) is 0. The summed E-state index contributed by atoms with van der Waals surface area (Å²) in [4.78, 5) is 14.0. The van der Waals surface area contributed by atoms with Crippen LogP contribution in [-0.2, 0) is 4.79 Å². The molecule has 0 aromatic heterocycles. The lowest BCUT2D eigenvalue weighted by Gasteiger charge is -2.25. The van der Waals surface area contributed by atoms with E-state index in [0.29, 0.717) is 0 Å². The molecule has 0 N–H and O–H groups in total. The maximum atomic E-state index is 12.0. The number of nitrogens with zero attached hydrogens (tertiary/aromatic N) is 1. The van der Waals surface area contributed by atoms with Crippen LogP contribution in [0.1, 0.15) is 103 Å². The number of unbranched alkanes of at least 4 members (excludes halogenated alkanes) is 10. The molecule has 0 unspecified atom stereocenters. The first-order valence-corrected chi connectivity index (χ1v) is 10.9. The van der Waals surface area contributed by atoms with E-state index in [1.165, 1.54) is 89.9 Å². The van der Waals surface area contributed by atoms with E-state index in [-0.39, 0.29) is 5.91 Å². The van der Waals surface area contributed by atoms with Gasteiger partial charge in [0.2, 0.25) is 5.91 Å². The van der Waals surface area contributed by atoms with Crippen molar-refractivity contribution in [3.05, 3.63) is 24.3 Å². The lowest BCUT2D eigenvalue weighted by molar-refractivity contribution is -0.126. The molecule has 1 aliphatic heterocycles. The molecule has 144 valence electrons. The van der Waals surface area contributed by atoms with Crippen molar-refractivity contribution in [2.24, 2.45) is 0 Å². The quantitative estimate of drug-likeness (QED) is 0.192. The SMILES string of the molecule is CCCCCCCCC=CCCCCCC=CC(=O)N1CCCCC1. The second kappa shape index (κ2) is 16.4. The van der Waals surface area contributed by atoms with Gasteiger partial charge < -0.3 is 4.90 Å². The highest BCUT2D eigenvalue weighted by Crippen LogP contribution is 2.10. The number of piperidine rings is 1. The zero-order valence-electron chi connectivity index (χ0n) is 16.7. The van der Waals surface area contributed by atoms with E-state index >= 15 is 0 Å². The standard InChI is InChI=1S/C23H41NO/c1-2-3-4-5-6-7-8-9-10-11-12-13-14-15-17-20-23(25)24-21-18-16-19-22-24/h9-10,17,20H,2-8,11-16,18-19,21-22H2,1H3. The van der Waals surface area contributed by atoms with Crippen molar-refractivity contribution in [3.63, 3.8) is 0 Å². The average molecular weight is 348 g/mol. The fourth-order valence-electron chi connectivity index (χ4n) is 3.38. The highest BCUT2D eigenvalue weighted by Gasteiger charge is 2.13. The highest BCUT2D eigenvalue weighted by atomic mass is 16.2. The van der Waals surface area contributed by atoms with Gasteiger partial charge in [-0.25, -0.2) is 0 Å². The van der Waals surface area contributed by atoms with Gasteiger partial charge in [-0.2, -0.15) is 0 Å². The summed E-state index contributed by atoms with van der Waals surface area (Å²) in [6.07, 6.45) is 27.8. The monoisotopic (exact) mass is 347 g/mol. The minimum Gasteiger partial charge on any atom is -0.339 e. The Balaban J connectivity index is 1.85. The molecule has 0 aromatic rings. The lowest BCUT2D eigenvalue weighted by Crippen LogP contribution is -2.34. The highest BCUT2D eigenvalue weighted by molar-refractivity contribution is 5.87. The molecule has 1 amide bonds. The maximum Gasteiger partial charge on any atom is 0.246 e. The molecule has 1 rings (SSSR count). The van der Waals surface area contributed by atoms with Crippen molar-refractivity contribution in [2.75, 3.05) is 13.1 Å². The number of likely N-dealkylation sites (tertiary alicyclic amines) is 1. The van der Waals surface area contributed by atoms with Gasteiger partial charge in [0.05, 0.1) is 0 Å². The first-order chi connectivity index (χ1) is 12.3. The minimum atomic E-state index is 0.220. The molecule has 0 aromatic carbocycles. The van der Waals surface area contributed by atoms with Crippen molar-refractivity contribution in [3.8, 4) is 0 Å². The predicted molar refractivity (Wildman–Crippen MR) is 110 cm³/mol. The second-order valence-corrected chi connectivity index (χ2v) is 7.45. The van der Waals surface area contributed by atoms with Crippen molar-refractivity contribution in [1.82, 2.24) is 4.90 Å². The van der Waals surface area contributed by atoms with Crippen LogP contribution in [0.4, 0.5) is 0 Å². The van der Waals surface area contributed by atoms with E-state index < -0.39 is 0 Å². The van der Waals surface area contributed by atoms with Gasteiger partial charge in [-0.1, -0.05) is 63.7 Å². The van der Waals surface area contributed by atoms with Crippen LogP contribution in [0.25, 0.3) is 0 Å².